The van der Waals surface area contributed by atoms with Crippen LogP contribution in [0.4, 0.5) is 0 Å². The molecule has 3 nitrogen and oxygen atoms in total. The minimum Gasteiger partial charge on any atom is -0.353 e. The molecule has 25 heavy (non-hydrogen) atoms. The lowest BCUT2D eigenvalue weighted by molar-refractivity contribution is 1.17. The molecule has 1 N–H and O–H groups in total. The van der Waals surface area contributed by atoms with Crippen LogP contribution in [0, 0.1) is 13.8 Å². The molecule has 120 valence electrons. The molecule has 0 unspecified atom stereocenters. The molecular weight excluding hydrogens is 306 g/mol. The summed E-state index contributed by atoms with van der Waals surface area (Å²) >= 11 is 0. The quantitative estimate of drug-likeness (QED) is 0.439. The van der Waals surface area contributed by atoms with Crippen LogP contribution in [0.1, 0.15) is 11.3 Å². The number of nitrogens with one attached hydrogen (secondary N) is 1. The first-order valence-electron chi connectivity index (χ1n) is 8.46. The monoisotopic (exact) mass is 323 g/mol. The van der Waals surface area contributed by atoms with Crippen LogP contribution < -0.4 is 0 Å². The molecule has 2 aromatic carbocycles. The maximum atomic E-state index is 4.88. The zero-order valence-corrected chi connectivity index (χ0v) is 14.2. The van der Waals surface area contributed by atoms with E-state index in [9.17, 15) is 0 Å². The van der Waals surface area contributed by atoms with E-state index in [1.54, 1.807) is 0 Å². The smallest absolute Gasteiger partial charge is 0.113 e. The molecule has 0 fully saturated rings. The van der Waals surface area contributed by atoms with Gasteiger partial charge in [-0.05, 0) is 37.6 Å². The highest BCUT2D eigenvalue weighted by molar-refractivity contribution is 6.12. The molecule has 0 aliphatic carbocycles. The summed E-state index contributed by atoms with van der Waals surface area (Å²) in [6.07, 6.45) is 0. The van der Waals surface area contributed by atoms with Gasteiger partial charge in [-0.1, -0.05) is 42.5 Å². The molecule has 5 aromatic rings. The van der Waals surface area contributed by atoms with Crippen molar-refractivity contribution in [1.82, 2.24) is 15.0 Å². The van der Waals surface area contributed by atoms with Gasteiger partial charge in [-0.3, -0.25) is 0 Å². The molecular formula is C22H17N3. The third kappa shape index (κ3) is 2.06. The first-order chi connectivity index (χ1) is 12.2. The van der Waals surface area contributed by atoms with Gasteiger partial charge in [0.25, 0.3) is 0 Å². The molecule has 0 saturated heterocycles. The first-order valence-corrected chi connectivity index (χ1v) is 8.46. The number of aromatic amines is 1. The molecule has 5 rings (SSSR count). The van der Waals surface area contributed by atoms with Gasteiger partial charge in [0.15, 0.2) is 0 Å². The van der Waals surface area contributed by atoms with Crippen molar-refractivity contribution in [3.8, 4) is 11.4 Å². The highest BCUT2D eigenvalue weighted by atomic mass is 14.8. The molecule has 3 heteroatoms. The van der Waals surface area contributed by atoms with Gasteiger partial charge >= 0.3 is 0 Å². The number of H-pyrrole nitrogens is 1. The molecule has 3 heterocycles. The largest absolute Gasteiger partial charge is 0.353 e. The van der Waals surface area contributed by atoms with Gasteiger partial charge in [-0.25, -0.2) is 9.97 Å². The second-order valence-corrected chi connectivity index (χ2v) is 6.48. The van der Waals surface area contributed by atoms with Gasteiger partial charge in [-0.15, -0.1) is 0 Å². The van der Waals surface area contributed by atoms with Crippen LogP contribution in [-0.2, 0) is 0 Å². The number of nitrogens with zero attached hydrogens (tertiary/aromatic N) is 2. The lowest BCUT2D eigenvalue weighted by Crippen LogP contribution is -1.95. The van der Waals surface area contributed by atoms with Crippen LogP contribution in [0.25, 0.3) is 44.1 Å². The van der Waals surface area contributed by atoms with Crippen molar-refractivity contribution in [3.63, 3.8) is 0 Å². The first kappa shape index (κ1) is 14.2. The number of pyridine rings is 2. The van der Waals surface area contributed by atoms with Crippen molar-refractivity contribution >= 4 is 32.7 Å². The fraction of sp³-hybridized carbons (Fsp3) is 0.0909. The summed E-state index contributed by atoms with van der Waals surface area (Å²) in [6.45, 7) is 4.21. The van der Waals surface area contributed by atoms with E-state index in [4.69, 9.17) is 9.97 Å². The molecule has 0 saturated carbocycles. The van der Waals surface area contributed by atoms with Crippen molar-refractivity contribution in [2.45, 2.75) is 13.8 Å². The van der Waals surface area contributed by atoms with Crippen LogP contribution in [0.2, 0.25) is 0 Å². The maximum absolute atomic E-state index is 4.88. The van der Waals surface area contributed by atoms with Crippen LogP contribution in [0.5, 0.6) is 0 Å². The Balaban J connectivity index is 1.90. The lowest BCUT2D eigenvalue weighted by Gasteiger charge is -2.09. The van der Waals surface area contributed by atoms with E-state index >= 15 is 0 Å². The zero-order valence-electron chi connectivity index (χ0n) is 14.2. The Morgan fingerprint density at radius 3 is 2.52 bits per heavy atom. The van der Waals surface area contributed by atoms with E-state index in [1.807, 2.05) is 18.2 Å². The number of hydrogen-bond donors (Lipinski definition) is 1. The average Bonchev–Trinajstić information content (AvgIpc) is 3.04. The molecule has 0 spiro atoms. The summed E-state index contributed by atoms with van der Waals surface area (Å²) in [7, 11) is 0. The van der Waals surface area contributed by atoms with Crippen LogP contribution in [0.15, 0.2) is 60.7 Å². The Morgan fingerprint density at radius 1 is 0.800 bits per heavy atom. The molecule has 0 bridgehead atoms. The van der Waals surface area contributed by atoms with Crippen LogP contribution in [-0.4, -0.2) is 15.0 Å². The van der Waals surface area contributed by atoms with Crippen molar-refractivity contribution in [1.29, 1.82) is 0 Å². The van der Waals surface area contributed by atoms with Crippen molar-refractivity contribution in [2.75, 3.05) is 0 Å². The molecule has 0 aliphatic rings. The third-order valence-corrected chi connectivity index (χ3v) is 4.98. The fourth-order valence-corrected chi connectivity index (χ4v) is 3.58. The average molecular weight is 323 g/mol. The van der Waals surface area contributed by atoms with E-state index in [1.165, 1.54) is 16.3 Å². The predicted octanol–water partition coefficient (Wildman–Crippen LogP) is 5.55. The van der Waals surface area contributed by atoms with Crippen molar-refractivity contribution in [2.24, 2.45) is 0 Å². The lowest BCUT2D eigenvalue weighted by atomic mass is 10.0. The summed E-state index contributed by atoms with van der Waals surface area (Å²) in [5, 5.41) is 3.62. The number of aryl methyl sites for hydroxylation is 2. The molecule has 0 radical (unpaired) electrons. The molecule has 0 amide bonds. The van der Waals surface area contributed by atoms with Gasteiger partial charge in [0.05, 0.1) is 16.7 Å². The maximum Gasteiger partial charge on any atom is 0.113 e. The number of hydrogen-bond acceptors (Lipinski definition) is 2. The highest BCUT2D eigenvalue weighted by Gasteiger charge is 2.16. The van der Waals surface area contributed by atoms with E-state index in [0.717, 1.165) is 39.0 Å². The minimum absolute atomic E-state index is 0.901. The third-order valence-electron chi connectivity index (χ3n) is 4.98. The summed E-state index contributed by atoms with van der Waals surface area (Å²) in [6, 6.07) is 20.8. The topological polar surface area (TPSA) is 41.6 Å². The normalized spacial score (nSPS) is 11.6. The summed E-state index contributed by atoms with van der Waals surface area (Å²) in [5.41, 5.74) is 7.27. The zero-order chi connectivity index (χ0) is 17.0. The summed E-state index contributed by atoms with van der Waals surface area (Å²) in [4.78, 5) is 13.3. The van der Waals surface area contributed by atoms with E-state index in [0.29, 0.717) is 0 Å². The molecule has 0 aliphatic heterocycles. The number of aromatic nitrogens is 3. The minimum atomic E-state index is 0.901. The highest BCUT2D eigenvalue weighted by Crippen LogP contribution is 2.35. The second-order valence-electron chi connectivity index (χ2n) is 6.48. The Bertz CT molecular complexity index is 1260. The molecule has 3 aromatic heterocycles. The van der Waals surface area contributed by atoms with E-state index < -0.39 is 0 Å². The molecule has 0 atom stereocenters. The summed E-state index contributed by atoms with van der Waals surface area (Å²) < 4.78 is 0. The van der Waals surface area contributed by atoms with Crippen LogP contribution >= 0.6 is 0 Å². The van der Waals surface area contributed by atoms with E-state index in [2.05, 4.69) is 61.3 Å². The van der Waals surface area contributed by atoms with Crippen molar-refractivity contribution < 1.29 is 0 Å². The van der Waals surface area contributed by atoms with Gasteiger partial charge in [0.1, 0.15) is 5.69 Å². The Kier molecular flexibility index (Phi) is 2.92. The Labute approximate surface area is 145 Å². The standard InChI is InChI=1S/C22H17N3/c1-13-14(2)23-21(19-12-11-15-7-3-5-9-17(15)24-19)22-20(13)16-8-4-6-10-18(16)25-22/h3-12,25H,1-2H3. The van der Waals surface area contributed by atoms with Gasteiger partial charge in [0, 0.05) is 27.4 Å². The Morgan fingerprint density at radius 2 is 1.60 bits per heavy atom. The van der Waals surface area contributed by atoms with E-state index in [-0.39, 0.29) is 0 Å². The van der Waals surface area contributed by atoms with Crippen molar-refractivity contribution in [3.05, 3.63) is 71.9 Å². The number of benzene rings is 2. The Hall–Kier alpha value is -3.20. The van der Waals surface area contributed by atoms with Gasteiger partial charge in [0.2, 0.25) is 0 Å². The van der Waals surface area contributed by atoms with Gasteiger partial charge in [-0.2, -0.15) is 0 Å². The SMILES string of the molecule is Cc1nc(-c2ccc3ccccc3n2)c2[nH]c3ccccc3c2c1C. The fourth-order valence-electron chi connectivity index (χ4n) is 3.58. The predicted molar refractivity (Wildman–Crippen MR) is 104 cm³/mol. The summed E-state index contributed by atoms with van der Waals surface area (Å²) in [5.74, 6) is 0. The van der Waals surface area contributed by atoms with Crippen LogP contribution in [0.3, 0.4) is 0 Å². The second kappa shape index (κ2) is 5.15. The van der Waals surface area contributed by atoms with Gasteiger partial charge < -0.3 is 4.98 Å². The number of rotatable bonds is 1. The number of para-hydroxylation sites is 2. The number of fused-ring (bicyclic) bond motifs is 4.